The minimum Gasteiger partial charge on any atom is -0.382 e. The molecule has 1 N–H and O–H groups in total. The van der Waals surface area contributed by atoms with Crippen molar-refractivity contribution in [2.45, 2.75) is 32.7 Å². The first kappa shape index (κ1) is 15.1. The van der Waals surface area contributed by atoms with Crippen LogP contribution in [0.25, 0.3) is 0 Å². The van der Waals surface area contributed by atoms with E-state index in [9.17, 15) is 4.79 Å². The van der Waals surface area contributed by atoms with Crippen molar-refractivity contribution in [3.8, 4) is 0 Å². The molecule has 5 heteroatoms. The van der Waals surface area contributed by atoms with E-state index in [4.69, 9.17) is 11.6 Å². The summed E-state index contributed by atoms with van der Waals surface area (Å²) in [6.45, 7) is 3.48. The maximum atomic E-state index is 12.3. The average Bonchev–Trinajstić information content (AvgIpc) is 3.33. The smallest absolute Gasteiger partial charge is 0.287 e. The van der Waals surface area contributed by atoms with E-state index in [1.54, 1.807) is 6.20 Å². The molecule has 1 aliphatic carbocycles. The van der Waals surface area contributed by atoms with Gasteiger partial charge in [0.15, 0.2) is 0 Å². The van der Waals surface area contributed by atoms with Crippen LogP contribution in [-0.4, -0.2) is 16.3 Å². The second kappa shape index (κ2) is 6.13. The first-order chi connectivity index (χ1) is 10.6. The van der Waals surface area contributed by atoms with Crippen LogP contribution in [0, 0.1) is 5.41 Å². The number of aromatic nitrogens is 2. The summed E-state index contributed by atoms with van der Waals surface area (Å²) in [5, 5.41) is 7.75. The van der Waals surface area contributed by atoms with Gasteiger partial charge in [-0.3, -0.25) is 4.79 Å². The van der Waals surface area contributed by atoms with Crippen molar-refractivity contribution in [2.24, 2.45) is 5.41 Å². The van der Waals surface area contributed by atoms with Crippen molar-refractivity contribution in [2.75, 3.05) is 11.9 Å². The van der Waals surface area contributed by atoms with Crippen LogP contribution in [-0.2, 0) is 6.54 Å². The lowest BCUT2D eigenvalue weighted by Crippen LogP contribution is -2.25. The normalized spacial score (nSPS) is 15.5. The Morgan fingerprint density at radius 2 is 2.05 bits per heavy atom. The summed E-state index contributed by atoms with van der Waals surface area (Å²) in [6.07, 6.45) is 5.29. The molecule has 4 nitrogen and oxygen atoms in total. The molecule has 0 aliphatic heterocycles. The van der Waals surface area contributed by atoms with E-state index in [1.165, 1.54) is 17.5 Å². The Morgan fingerprint density at radius 1 is 1.32 bits per heavy atom. The molecule has 0 amide bonds. The highest BCUT2D eigenvalue weighted by Crippen LogP contribution is 2.48. The van der Waals surface area contributed by atoms with Crippen LogP contribution in [0.2, 0.25) is 5.02 Å². The quantitative estimate of drug-likeness (QED) is 0.886. The van der Waals surface area contributed by atoms with Crippen LogP contribution in [0.4, 0.5) is 5.69 Å². The van der Waals surface area contributed by atoms with Crippen molar-refractivity contribution in [3.63, 3.8) is 0 Å². The highest BCUT2D eigenvalue weighted by atomic mass is 35.5. The molecule has 116 valence electrons. The first-order valence-electron chi connectivity index (χ1n) is 7.67. The van der Waals surface area contributed by atoms with Crippen molar-refractivity contribution >= 4 is 17.3 Å². The molecule has 0 saturated heterocycles. The Balaban J connectivity index is 1.75. The molecular weight excluding hydrogens is 298 g/mol. The number of rotatable bonds is 6. The van der Waals surface area contributed by atoms with Crippen LogP contribution in [0.3, 0.4) is 0 Å². The molecule has 1 aromatic heterocycles. The van der Waals surface area contributed by atoms with Gasteiger partial charge in [-0.05, 0) is 30.2 Å². The third kappa shape index (κ3) is 3.17. The van der Waals surface area contributed by atoms with E-state index in [2.05, 4.69) is 17.3 Å². The third-order valence-corrected chi connectivity index (χ3v) is 4.89. The maximum absolute atomic E-state index is 12.3. The van der Waals surface area contributed by atoms with Gasteiger partial charge in [0.25, 0.3) is 5.56 Å². The minimum absolute atomic E-state index is 0.220. The molecule has 1 aromatic carbocycles. The van der Waals surface area contributed by atoms with E-state index in [-0.39, 0.29) is 10.6 Å². The highest BCUT2D eigenvalue weighted by Gasteiger charge is 2.40. The van der Waals surface area contributed by atoms with Crippen molar-refractivity contribution in [3.05, 3.63) is 57.5 Å². The molecule has 1 saturated carbocycles. The lowest BCUT2D eigenvalue weighted by atomic mass is 10.0. The van der Waals surface area contributed by atoms with Gasteiger partial charge in [-0.25, -0.2) is 4.68 Å². The number of nitrogens with one attached hydrogen (secondary N) is 1. The van der Waals surface area contributed by atoms with Crippen molar-refractivity contribution in [1.29, 1.82) is 0 Å². The molecule has 1 aliphatic rings. The predicted molar refractivity (Wildman–Crippen MR) is 89.5 cm³/mol. The monoisotopic (exact) mass is 317 g/mol. The van der Waals surface area contributed by atoms with Gasteiger partial charge >= 0.3 is 0 Å². The predicted octanol–water partition coefficient (Wildman–Crippen LogP) is 3.55. The number of benzene rings is 1. The molecule has 0 radical (unpaired) electrons. The number of anilines is 1. The molecule has 0 unspecified atom stereocenters. The Hall–Kier alpha value is -1.81. The molecule has 22 heavy (non-hydrogen) atoms. The van der Waals surface area contributed by atoms with Gasteiger partial charge in [-0.1, -0.05) is 48.9 Å². The molecule has 1 fully saturated rings. The molecule has 3 rings (SSSR count). The fraction of sp³-hybridized carbons (Fsp3) is 0.412. The van der Waals surface area contributed by atoms with E-state index >= 15 is 0 Å². The third-order valence-electron chi connectivity index (χ3n) is 4.52. The average molecular weight is 318 g/mol. The number of halogens is 1. The van der Waals surface area contributed by atoms with E-state index in [0.29, 0.717) is 17.6 Å². The van der Waals surface area contributed by atoms with Gasteiger partial charge in [0, 0.05) is 6.54 Å². The fourth-order valence-corrected chi connectivity index (χ4v) is 2.79. The standard InChI is InChI=1S/C17H20ClN3O/c1-2-17(8-9-17)12-19-14-10-20-21(16(22)15(14)18)11-13-6-4-3-5-7-13/h3-7,10,19H,2,8-9,11-12H2,1H3. The summed E-state index contributed by atoms with van der Waals surface area (Å²) in [5.74, 6) is 0. The highest BCUT2D eigenvalue weighted by molar-refractivity contribution is 6.32. The second-order valence-corrected chi connectivity index (χ2v) is 6.41. The largest absolute Gasteiger partial charge is 0.382 e. The van der Waals surface area contributed by atoms with Crippen molar-refractivity contribution < 1.29 is 0 Å². The van der Waals surface area contributed by atoms with E-state index in [0.717, 1.165) is 18.5 Å². The second-order valence-electron chi connectivity index (χ2n) is 6.03. The Kier molecular flexibility index (Phi) is 4.21. The van der Waals surface area contributed by atoms with E-state index in [1.807, 2.05) is 30.3 Å². The Bertz CT molecular complexity index is 708. The summed E-state index contributed by atoms with van der Waals surface area (Å²) < 4.78 is 1.40. The molecule has 0 bridgehead atoms. The lowest BCUT2D eigenvalue weighted by molar-refractivity contribution is 0.521. The molecule has 2 aromatic rings. The molecule has 0 atom stereocenters. The maximum Gasteiger partial charge on any atom is 0.287 e. The number of nitrogens with zero attached hydrogens (tertiary/aromatic N) is 2. The van der Waals surface area contributed by atoms with Gasteiger partial charge in [-0.15, -0.1) is 0 Å². The zero-order chi connectivity index (χ0) is 15.6. The summed E-state index contributed by atoms with van der Waals surface area (Å²) >= 11 is 6.22. The van der Waals surface area contributed by atoms with Gasteiger partial charge in [0.05, 0.1) is 18.4 Å². The van der Waals surface area contributed by atoms with Crippen LogP contribution in [0.15, 0.2) is 41.3 Å². The lowest BCUT2D eigenvalue weighted by Gasteiger charge is -2.15. The van der Waals surface area contributed by atoms with Gasteiger partial charge in [-0.2, -0.15) is 5.10 Å². The summed E-state index contributed by atoms with van der Waals surface area (Å²) in [5.41, 5.74) is 1.80. The zero-order valence-corrected chi connectivity index (χ0v) is 13.4. The fourth-order valence-electron chi connectivity index (χ4n) is 2.57. The van der Waals surface area contributed by atoms with Crippen molar-refractivity contribution in [1.82, 2.24) is 9.78 Å². The molecule has 1 heterocycles. The molecule has 0 spiro atoms. The summed E-state index contributed by atoms with van der Waals surface area (Å²) in [7, 11) is 0. The van der Waals surface area contributed by atoms with E-state index < -0.39 is 0 Å². The van der Waals surface area contributed by atoms with Gasteiger partial charge in [0.1, 0.15) is 5.02 Å². The van der Waals surface area contributed by atoms with Crippen LogP contribution in [0.1, 0.15) is 31.7 Å². The zero-order valence-electron chi connectivity index (χ0n) is 12.7. The van der Waals surface area contributed by atoms with Crippen LogP contribution >= 0.6 is 11.6 Å². The SMILES string of the molecule is CCC1(CNc2cnn(Cc3ccccc3)c(=O)c2Cl)CC1. The van der Waals surface area contributed by atoms with Crippen LogP contribution < -0.4 is 10.9 Å². The topological polar surface area (TPSA) is 46.9 Å². The first-order valence-corrected chi connectivity index (χ1v) is 8.05. The van der Waals surface area contributed by atoms with Gasteiger partial charge in [0.2, 0.25) is 0 Å². The Morgan fingerprint density at radius 3 is 2.68 bits per heavy atom. The van der Waals surface area contributed by atoms with Gasteiger partial charge < -0.3 is 5.32 Å². The summed E-state index contributed by atoms with van der Waals surface area (Å²) in [4.78, 5) is 12.3. The van der Waals surface area contributed by atoms with Crippen LogP contribution in [0.5, 0.6) is 0 Å². The number of hydrogen-bond acceptors (Lipinski definition) is 3. The minimum atomic E-state index is -0.253. The summed E-state index contributed by atoms with van der Waals surface area (Å²) in [6, 6.07) is 9.76. The molecular formula is C17H20ClN3O. The Labute approximate surface area is 135 Å². The number of hydrogen-bond donors (Lipinski definition) is 1.